The number of amides is 1. The molecule has 1 N–H and O–H groups in total. The van der Waals surface area contributed by atoms with Gasteiger partial charge in [-0.15, -0.1) is 0 Å². The van der Waals surface area contributed by atoms with Gasteiger partial charge in [0, 0.05) is 24.5 Å². The maximum Gasteiger partial charge on any atom is 0.308 e. The van der Waals surface area contributed by atoms with E-state index in [0.29, 0.717) is 23.7 Å². The van der Waals surface area contributed by atoms with Gasteiger partial charge >= 0.3 is 5.97 Å². The molecule has 0 saturated carbocycles. The average molecular weight is 312 g/mol. The van der Waals surface area contributed by atoms with Crippen molar-refractivity contribution in [1.29, 1.82) is 0 Å². The summed E-state index contributed by atoms with van der Waals surface area (Å²) in [6.07, 6.45) is -0.133. The van der Waals surface area contributed by atoms with Crippen LogP contribution in [0.25, 0.3) is 0 Å². The Bertz CT molecular complexity index is 561. The third-order valence-electron chi connectivity index (χ3n) is 3.58. The van der Waals surface area contributed by atoms with Gasteiger partial charge in [-0.3, -0.25) is 9.59 Å². The Morgan fingerprint density at radius 1 is 1.52 bits per heavy atom. The minimum atomic E-state index is -0.913. The van der Waals surface area contributed by atoms with Crippen LogP contribution in [0.4, 0.5) is 0 Å². The number of hydrogen-bond acceptors (Lipinski definition) is 3. The van der Waals surface area contributed by atoms with Gasteiger partial charge in [-0.2, -0.15) is 0 Å². The van der Waals surface area contributed by atoms with Gasteiger partial charge in [0.15, 0.2) is 6.10 Å². The summed E-state index contributed by atoms with van der Waals surface area (Å²) in [7, 11) is 0. The highest BCUT2D eigenvalue weighted by atomic mass is 35.5. The van der Waals surface area contributed by atoms with Crippen LogP contribution in [0.1, 0.15) is 19.4 Å². The minimum Gasteiger partial charge on any atom is -0.481 e. The van der Waals surface area contributed by atoms with Crippen molar-refractivity contribution in [2.45, 2.75) is 26.4 Å². The summed E-state index contributed by atoms with van der Waals surface area (Å²) >= 11 is 5.93. The number of carboxylic acid groups (broad SMARTS) is 1. The molecule has 1 aliphatic heterocycles. The van der Waals surface area contributed by atoms with Crippen molar-refractivity contribution < 1.29 is 19.4 Å². The molecular formula is C15H18ClNO4. The Morgan fingerprint density at radius 3 is 2.86 bits per heavy atom. The summed E-state index contributed by atoms with van der Waals surface area (Å²) in [5, 5.41) is 9.57. The number of carbonyl (C=O) groups excluding carboxylic acids is 1. The van der Waals surface area contributed by atoms with Gasteiger partial charge < -0.3 is 14.7 Å². The van der Waals surface area contributed by atoms with E-state index in [-0.39, 0.29) is 12.5 Å². The van der Waals surface area contributed by atoms with E-state index < -0.39 is 18.0 Å². The number of halogens is 1. The molecule has 0 radical (unpaired) electrons. The number of ether oxygens (including phenoxy) is 1. The number of aliphatic carboxylic acids is 1. The van der Waals surface area contributed by atoms with Gasteiger partial charge in [0.05, 0.1) is 5.92 Å². The van der Waals surface area contributed by atoms with Crippen molar-refractivity contribution in [2.24, 2.45) is 5.92 Å². The fraction of sp³-hybridized carbons (Fsp3) is 0.467. The van der Waals surface area contributed by atoms with Crippen LogP contribution in [0.2, 0.25) is 5.02 Å². The highest BCUT2D eigenvalue weighted by Gasteiger charge is 2.33. The molecule has 0 aliphatic carbocycles. The molecule has 5 nitrogen and oxygen atoms in total. The van der Waals surface area contributed by atoms with Crippen molar-refractivity contribution in [3.05, 3.63) is 28.8 Å². The monoisotopic (exact) mass is 311 g/mol. The number of likely N-dealkylation sites (N-methyl/N-ethyl adjacent to an activating group) is 1. The van der Waals surface area contributed by atoms with Crippen molar-refractivity contribution in [1.82, 2.24) is 4.90 Å². The Balaban J connectivity index is 2.05. The predicted molar refractivity (Wildman–Crippen MR) is 78.6 cm³/mol. The molecule has 1 heterocycles. The Kier molecular flexibility index (Phi) is 4.73. The second-order valence-corrected chi connectivity index (χ2v) is 5.62. The van der Waals surface area contributed by atoms with Crippen LogP contribution < -0.4 is 4.74 Å². The van der Waals surface area contributed by atoms with Gasteiger partial charge in [0.2, 0.25) is 0 Å². The molecule has 2 atom stereocenters. The van der Waals surface area contributed by atoms with Gasteiger partial charge in [0.1, 0.15) is 5.75 Å². The SMILES string of the molecule is CCN(CC(C)C(=O)O)C(=O)C1Cc2cc(Cl)ccc2O1. The summed E-state index contributed by atoms with van der Waals surface area (Å²) in [5.41, 5.74) is 0.906. The molecule has 0 aromatic heterocycles. The lowest BCUT2D eigenvalue weighted by molar-refractivity contribution is -0.144. The van der Waals surface area contributed by atoms with E-state index >= 15 is 0 Å². The Hall–Kier alpha value is -1.75. The number of fused-ring (bicyclic) bond motifs is 1. The van der Waals surface area contributed by atoms with Gasteiger partial charge in [0.25, 0.3) is 5.91 Å². The van der Waals surface area contributed by atoms with E-state index in [4.69, 9.17) is 21.4 Å². The second-order valence-electron chi connectivity index (χ2n) is 5.18. The first-order valence-corrected chi connectivity index (χ1v) is 7.26. The Morgan fingerprint density at radius 2 is 2.24 bits per heavy atom. The van der Waals surface area contributed by atoms with Crippen molar-refractivity contribution in [2.75, 3.05) is 13.1 Å². The fourth-order valence-electron chi connectivity index (χ4n) is 2.34. The summed E-state index contributed by atoms with van der Waals surface area (Å²) in [6.45, 7) is 4.04. The first kappa shape index (κ1) is 15.6. The molecule has 2 unspecified atom stereocenters. The van der Waals surface area contributed by atoms with Crippen molar-refractivity contribution in [3.63, 3.8) is 0 Å². The zero-order valence-electron chi connectivity index (χ0n) is 12.0. The maximum atomic E-state index is 12.5. The van der Waals surface area contributed by atoms with Gasteiger partial charge in [-0.25, -0.2) is 0 Å². The molecule has 21 heavy (non-hydrogen) atoms. The van der Waals surface area contributed by atoms with E-state index in [1.807, 2.05) is 6.92 Å². The lowest BCUT2D eigenvalue weighted by Crippen LogP contribution is -2.44. The van der Waals surface area contributed by atoms with Crippen molar-refractivity contribution >= 4 is 23.5 Å². The largest absolute Gasteiger partial charge is 0.481 e. The lowest BCUT2D eigenvalue weighted by atomic mass is 10.1. The molecule has 1 aromatic carbocycles. The number of carbonyl (C=O) groups is 2. The van der Waals surface area contributed by atoms with E-state index in [2.05, 4.69) is 0 Å². The molecular weight excluding hydrogens is 294 g/mol. The van der Waals surface area contributed by atoms with Crippen molar-refractivity contribution in [3.8, 4) is 5.75 Å². The van der Waals surface area contributed by atoms with Crippen LogP contribution in [-0.4, -0.2) is 41.1 Å². The normalized spacial score (nSPS) is 17.8. The fourth-order valence-corrected chi connectivity index (χ4v) is 2.54. The summed E-state index contributed by atoms with van der Waals surface area (Å²) in [6, 6.07) is 5.26. The molecule has 0 bridgehead atoms. The standard InChI is InChI=1S/C15H18ClNO4/c1-3-17(8-9(2)15(19)20)14(18)13-7-10-6-11(16)4-5-12(10)21-13/h4-6,9,13H,3,7-8H2,1-2H3,(H,19,20). The number of hydrogen-bond donors (Lipinski definition) is 1. The molecule has 2 rings (SSSR count). The molecule has 0 spiro atoms. The molecule has 1 amide bonds. The second kappa shape index (κ2) is 6.35. The third kappa shape index (κ3) is 3.47. The van der Waals surface area contributed by atoms with E-state index in [1.165, 1.54) is 4.90 Å². The van der Waals surface area contributed by atoms with Crippen LogP contribution in [0.5, 0.6) is 5.75 Å². The molecule has 1 aromatic rings. The molecule has 6 heteroatoms. The average Bonchev–Trinajstić information content (AvgIpc) is 2.86. The number of rotatable bonds is 5. The highest BCUT2D eigenvalue weighted by molar-refractivity contribution is 6.30. The zero-order valence-corrected chi connectivity index (χ0v) is 12.8. The minimum absolute atomic E-state index is 0.182. The highest BCUT2D eigenvalue weighted by Crippen LogP contribution is 2.31. The van der Waals surface area contributed by atoms with Crippen LogP contribution in [0.3, 0.4) is 0 Å². The first-order valence-electron chi connectivity index (χ1n) is 6.89. The van der Waals surface area contributed by atoms with Gasteiger partial charge in [-0.1, -0.05) is 18.5 Å². The molecule has 0 fully saturated rings. The summed E-state index contributed by atoms with van der Waals surface area (Å²) in [5.74, 6) is -1.03. The predicted octanol–water partition coefficient (Wildman–Crippen LogP) is 2.21. The van der Waals surface area contributed by atoms with Crippen LogP contribution in [0, 0.1) is 5.92 Å². The lowest BCUT2D eigenvalue weighted by Gasteiger charge is -2.25. The summed E-state index contributed by atoms with van der Waals surface area (Å²) in [4.78, 5) is 24.9. The quantitative estimate of drug-likeness (QED) is 0.905. The smallest absolute Gasteiger partial charge is 0.308 e. The van der Waals surface area contributed by atoms with E-state index in [1.54, 1.807) is 25.1 Å². The molecule has 1 aliphatic rings. The molecule has 114 valence electrons. The molecule has 0 saturated heterocycles. The summed E-state index contributed by atoms with van der Waals surface area (Å²) < 4.78 is 5.65. The van der Waals surface area contributed by atoms with Crippen LogP contribution in [0.15, 0.2) is 18.2 Å². The zero-order chi connectivity index (χ0) is 15.6. The van der Waals surface area contributed by atoms with Crippen LogP contribution in [-0.2, 0) is 16.0 Å². The third-order valence-corrected chi connectivity index (χ3v) is 3.82. The number of benzene rings is 1. The Labute approximate surface area is 128 Å². The van der Waals surface area contributed by atoms with E-state index in [0.717, 1.165) is 5.56 Å². The van der Waals surface area contributed by atoms with E-state index in [9.17, 15) is 9.59 Å². The van der Waals surface area contributed by atoms with Crippen LogP contribution >= 0.6 is 11.6 Å². The van der Waals surface area contributed by atoms with Gasteiger partial charge in [-0.05, 0) is 30.7 Å². The maximum absolute atomic E-state index is 12.5. The first-order chi connectivity index (χ1) is 9.92. The number of carboxylic acids is 1. The topological polar surface area (TPSA) is 66.8 Å². The number of nitrogens with zero attached hydrogens (tertiary/aromatic N) is 1.